The van der Waals surface area contributed by atoms with E-state index in [-0.39, 0.29) is 5.95 Å². The van der Waals surface area contributed by atoms with Crippen LogP contribution in [0, 0.1) is 0 Å². The van der Waals surface area contributed by atoms with Crippen LogP contribution in [0.1, 0.15) is 31.4 Å². The summed E-state index contributed by atoms with van der Waals surface area (Å²) in [6.07, 6.45) is 1.54. The molecule has 1 aromatic heterocycles. The van der Waals surface area contributed by atoms with Crippen molar-refractivity contribution in [3.8, 4) is 0 Å². The molecule has 7 heteroatoms. The summed E-state index contributed by atoms with van der Waals surface area (Å²) in [4.78, 5) is 9.69. The molecule has 128 valence electrons. The van der Waals surface area contributed by atoms with Gasteiger partial charge in [0.05, 0.1) is 0 Å². The second-order valence-corrected chi connectivity index (χ2v) is 5.84. The van der Waals surface area contributed by atoms with E-state index < -0.39 is 11.9 Å². The monoisotopic (exact) mass is 336 g/mol. The molecule has 0 saturated carbocycles. The molecule has 2 heterocycles. The Morgan fingerprint density at radius 3 is 2.21 bits per heavy atom. The third kappa shape index (κ3) is 4.15. The maximum absolute atomic E-state index is 12.7. The minimum absolute atomic E-state index is 0.0626. The van der Waals surface area contributed by atoms with Gasteiger partial charge in [-0.2, -0.15) is 13.2 Å². The molecule has 4 nitrogen and oxygen atoms in total. The van der Waals surface area contributed by atoms with Crippen molar-refractivity contribution in [1.82, 2.24) is 9.97 Å². The van der Waals surface area contributed by atoms with Crippen LogP contribution in [0.3, 0.4) is 0 Å². The maximum atomic E-state index is 12.7. The van der Waals surface area contributed by atoms with Crippen molar-refractivity contribution in [3.05, 3.63) is 42.2 Å². The number of halogens is 3. The van der Waals surface area contributed by atoms with E-state index in [4.69, 9.17) is 0 Å². The minimum Gasteiger partial charge on any atom is -0.372 e. The van der Waals surface area contributed by atoms with Gasteiger partial charge >= 0.3 is 6.18 Å². The van der Waals surface area contributed by atoms with Crippen LogP contribution >= 0.6 is 0 Å². The van der Waals surface area contributed by atoms with E-state index in [2.05, 4.69) is 20.2 Å². The minimum atomic E-state index is -4.48. The lowest BCUT2D eigenvalue weighted by Crippen LogP contribution is -2.23. The van der Waals surface area contributed by atoms with E-state index >= 15 is 0 Å². The van der Waals surface area contributed by atoms with Crippen molar-refractivity contribution in [1.29, 1.82) is 0 Å². The summed E-state index contributed by atoms with van der Waals surface area (Å²) in [5.74, 6) is -0.0626. The lowest BCUT2D eigenvalue weighted by atomic mass is 10.2. The summed E-state index contributed by atoms with van der Waals surface area (Å²) in [5.41, 5.74) is 0.835. The average molecular weight is 336 g/mol. The molecule has 0 aliphatic carbocycles. The van der Waals surface area contributed by atoms with Crippen molar-refractivity contribution >= 4 is 17.3 Å². The third-order valence-electron chi connectivity index (χ3n) is 4.04. The van der Waals surface area contributed by atoms with E-state index in [1.54, 1.807) is 0 Å². The summed E-state index contributed by atoms with van der Waals surface area (Å²) in [5, 5.41) is 2.82. The first kappa shape index (κ1) is 16.5. The average Bonchev–Trinajstić information content (AvgIpc) is 2.84. The van der Waals surface area contributed by atoms with Gasteiger partial charge in [-0.15, -0.1) is 0 Å². The van der Waals surface area contributed by atoms with Crippen molar-refractivity contribution < 1.29 is 13.2 Å². The van der Waals surface area contributed by atoms with Gasteiger partial charge in [-0.1, -0.05) is 12.8 Å². The number of nitrogens with one attached hydrogen (secondary N) is 1. The highest BCUT2D eigenvalue weighted by atomic mass is 19.4. The number of anilines is 3. The first-order chi connectivity index (χ1) is 11.5. The molecule has 1 fully saturated rings. The Balaban J connectivity index is 1.70. The van der Waals surface area contributed by atoms with Crippen LogP contribution in [-0.4, -0.2) is 23.1 Å². The summed E-state index contributed by atoms with van der Waals surface area (Å²) in [6.45, 7) is 2.09. The zero-order valence-corrected chi connectivity index (χ0v) is 13.2. The van der Waals surface area contributed by atoms with Crippen LogP contribution in [0.2, 0.25) is 0 Å². The molecule has 3 rings (SSSR count). The highest BCUT2D eigenvalue weighted by Crippen LogP contribution is 2.28. The van der Waals surface area contributed by atoms with Gasteiger partial charge in [0.2, 0.25) is 5.95 Å². The number of hydrogen-bond acceptors (Lipinski definition) is 4. The number of aromatic nitrogens is 2. The van der Waals surface area contributed by atoms with E-state index in [1.165, 1.54) is 25.7 Å². The molecule has 0 radical (unpaired) electrons. The Hall–Kier alpha value is -2.31. The third-order valence-corrected chi connectivity index (χ3v) is 4.04. The fourth-order valence-electron chi connectivity index (χ4n) is 2.79. The van der Waals surface area contributed by atoms with Crippen molar-refractivity contribution in [2.24, 2.45) is 0 Å². The van der Waals surface area contributed by atoms with Crippen LogP contribution < -0.4 is 10.2 Å². The van der Waals surface area contributed by atoms with Gasteiger partial charge in [0.1, 0.15) is 5.69 Å². The van der Waals surface area contributed by atoms with Crippen LogP contribution in [0.25, 0.3) is 0 Å². The molecule has 0 spiro atoms. The molecular weight excluding hydrogens is 317 g/mol. The molecule has 24 heavy (non-hydrogen) atoms. The van der Waals surface area contributed by atoms with Crippen molar-refractivity contribution in [2.75, 3.05) is 23.3 Å². The summed E-state index contributed by atoms with van der Waals surface area (Å²) in [7, 11) is 0. The van der Waals surface area contributed by atoms with Gasteiger partial charge in [-0.25, -0.2) is 9.97 Å². The number of benzene rings is 1. The lowest BCUT2D eigenvalue weighted by molar-refractivity contribution is -0.141. The Kier molecular flexibility index (Phi) is 4.87. The van der Waals surface area contributed by atoms with Crippen LogP contribution in [0.4, 0.5) is 30.5 Å². The summed E-state index contributed by atoms with van der Waals surface area (Å²) < 4.78 is 38.0. The molecule has 1 aromatic carbocycles. The standard InChI is InChI=1S/C17H19F3N4/c18-17(19,20)15-9-10-21-16(23-15)22-13-5-7-14(8-6-13)24-11-3-1-2-4-12-24/h5-10H,1-4,11-12H2,(H,21,22,23). The largest absolute Gasteiger partial charge is 0.433 e. The molecule has 0 unspecified atom stereocenters. The predicted octanol–water partition coefficient (Wildman–Crippen LogP) is 4.62. The van der Waals surface area contributed by atoms with Gasteiger partial charge in [0.25, 0.3) is 0 Å². The summed E-state index contributed by atoms with van der Waals surface area (Å²) >= 11 is 0. The molecule has 1 N–H and O–H groups in total. The van der Waals surface area contributed by atoms with E-state index in [0.29, 0.717) is 5.69 Å². The highest BCUT2D eigenvalue weighted by molar-refractivity contribution is 5.59. The molecule has 2 aromatic rings. The van der Waals surface area contributed by atoms with Crippen molar-refractivity contribution in [3.63, 3.8) is 0 Å². The van der Waals surface area contributed by atoms with Crippen LogP contribution in [0.5, 0.6) is 0 Å². The summed E-state index contributed by atoms with van der Waals surface area (Å²) in [6, 6.07) is 8.48. The number of nitrogens with zero attached hydrogens (tertiary/aromatic N) is 3. The fraction of sp³-hybridized carbons (Fsp3) is 0.412. The first-order valence-electron chi connectivity index (χ1n) is 8.05. The van der Waals surface area contributed by atoms with Crippen LogP contribution in [0.15, 0.2) is 36.5 Å². The zero-order chi connectivity index (χ0) is 17.0. The molecular formula is C17H19F3N4. The Labute approximate surface area is 138 Å². The molecule has 0 bridgehead atoms. The topological polar surface area (TPSA) is 41.1 Å². The molecule has 0 amide bonds. The normalized spacial score (nSPS) is 15.9. The lowest BCUT2D eigenvalue weighted by Gasteiger charge is -2.22. The van der Waals surface area contributed by atoms with E-state index in [9.17, 15) is 13.2 Å². The second-order valence-electron chi connectivity index (χ2n) is 5.84. The SMILES string of the molecule is FC(F)(F)c1ccnc(Nc2ccc(N3CCCCCC3)cc2)n1. The van der Waals surface area contributed by atoms with E-state index in [1.807, 2.05) is 24.3 Å². The van der Waals surface area contributed by atoms with Crippen molar-refractivity contribution in [2.45, 2.75) is 31.9 Å². The first-order valence-corrected chi connectivity index (χ1v) is 8.05. The smallest absolute Gasteiger partial charge is 0.372 e. The van der Waals surface area contributed by atoms with Gasteiger partial charge < -0.3 is 10.2 Å². The predicted molar refractivity (Wildman–Crippen MR) is 87.4 cm³/mol. The zero-order valence-electron chi connectivity index (χ0n) is 13.2. The quantitative estimate of drug-likeness (QED) is 0.888. The molecule has 0 atom stereocenters. The van der Waals surface area contributed by atoms with E-state index in [0.717, 1.165) is 31.0 Å². The number of hydrogen-bond donors (Lipinski definition) is 1. The molecule has 1 saturated heterocycles. The fourth-order valence-corrected chi connectivity index (χ4v) is 2.79. The van der Waals surface area contributed by atoms with Gasteiger partial charge in [0.15, 0.2) is 0 Å². The Morgan fingerprint density at radius 2 is 1.58 bits per heavy atom. The van der Waals surface area contributed by atoms with Gasteiger partial charge in [-0.05, 0) is 43.2 Å². The Bertz CT molecular complexity index is 662. The Morgan fingerprint density at radius 1 is 0.917 bits per heavy atom. The van der Waals surface area contributed by atoms with Crippen LogP contribution in [-0.2, 0) is 6.18 Å². The number of rotatable bonds is 3. The molecule has 1 aliphatic rings. The maximum Gasteiger partial charge on any atom is 0.433 e. The second kappa shape index (κ2) is 7.07. The molecule has 1 aliphatic heterocycles. The van der Waals surface area contributed by atoms with Gasteiger partial charge in [0, 0.05) is 30.7 Å². The highest BCUT2D eigenvalue weighted by Gasteiger charge is 2.32. The number of alkyl halides is 3. The van der Waals surface area contributed by atoms with Gasteiger partial charge in [-0.3, -0.25) is 0 Å².